The highest BCUT2D eigenvalue weighted by Crippen LogP contribution is 2.30. The minimum Gasteiger partial charge on any atom is -0.508 e. The molecule has 2 rings (SSSR count). The average molecular weight is 885 g/mol. The lowest BCUT2D eigenvalue weighted by molar-refractivity contribution is 0.301. The van der Waals surface area contributed by atoms with Crippen molar-refractivity contribution in [3.05, 3.63) is 43.5 Å². The van der Waals surface area contributed by atoms with Crippen LogP contribution in [0.4, 0.5) is 0 Å². The molecule has 0 saturated carbocycles. The molecule has 0 aliphatic heterocycles. The molecule has 0 radical (unpaired) electrons. The number of rotatable bonds is 22. The van der Waals surface area contributed by atoms with Gasteiger partial charge < -0.3 is 9.84 Å². The van der Waals surface area contributed by atoms with E-state index in [1.54, 1.807) is 6.07 Å². The van der Waals surface area contributed by atoms with Crippen LogP contribution in [0.5, 0.6) is 11.5 Å². The van der Waals surface area contributed by atoms with Crippen molar-refractivity contribution >= 4 is 62.6 Å². The van der Waals surface area contributed by atoms with Crippen LogP contribution in [0.1, 0.15) is 110 Å². The van der Waals surface area contributed by atoms with Crippen molar-refractivity contribution in [3.63, 3.8) is 0 Å². The number of aromatic hydroxyl groups is 1. The molecule has 0 spiro atoms. The van der Waals surface area contributed by atoms with Gasteiger partial charge in [0, 0.05) is 6.07 Å². The van der Waals surface area contributed by atoms with E-state index in [2.05, 4.69) is 6.92 Å². The lowest BCUT2D eigenvalue weighted by Crippen LogP contribution is -2.05. The Kier molecular flexibility index (Phi) is 21.7. The predicted molar refractivity (Wildman–Crippen MR) is 186 cm³/mol. The molecule has 0 fully saturated rings. The molecule has 0 aliphatic carbocycles. The molecule has 3 N–H and O–H groups in total. The first kappa shape index (κ1) is 40.9. The second-order valence-electron chi connectivity index (χ2n) is 10.4. The highest BCUT2D eigenvalue weighted by Gasteiger charge is 2.19. The van der Waals surface area contributed by atoms with Crippen LogP contribution < -0.4 is 4.74 Å². The monoisotopic (exact) mass is 884 g/mol. The van der Waals surface area contributed by atoms with E-state index in [0.29, 0.717) is 12.4 Å². The van der Waals surface area contributed by atoms with Crippen LogP contribution >= 0.6 is 42.4 Å². The number of halogens is 2. The third-order valence-corrected chi connectivity index (χ3v) is 12.3. The van der Waals surface area contributed by atoms with Gasteiger partial charge in [-0.3, -0.25) is 15.2 Å². The summed E-state index contributed by atoms with van der Waals surface area (Å²) in [5.74, 6) is 0.00715. The topological polar surface area (TPSA) is 172 Å². The van der Waals surface area contributed by atoms with Gasteiger partial charge in [-0.15, -0.1) is 0 Å². The SMILES string of the molecule is CCCCCCCCCCCCCCCCCCOc1cccc(S(=O)(=O)O)c1I=O.O=Ic1ccc(O)cc1S(=O)(=O)O. The van der Waals surface area contributed by atoms with Gasteiger partial charge in [0.2, 0.25) is 0 Å². The Labute approximate surface area is 283 Å². The summed E-state index contributed by atoms with van der Waals surface area (Å²) in [6.07, 6.45) is 20.8. The number of hydrogen-bond acceptors (Lipinski definition) is 8. The summed E-state index contributed by atoms with van der Waals surface area (Å²) in [4.78, 5) is -0.796. The van der Waals surface area contributed by atoms with Gasteiger partial charge in [0.1, 0.15) is 24.9 Å². The summed E-state index contributed by atoms with van der Waals surface area (Å²) in [5, 5.41) is 8.93. The van der Waals surface area contributed by atoms with Gasteiger partial charge in [0.15, 0.2) is 42.4 Å². The van der Waals surface area contributed by atoms with Crippen LogP contribution in [0, 0.1) is 7.14 Å². The molecule has 0 aromatic heterocycles. The number of phenolic OH excluding ortho intramolecular Hbond substituents is 1. The highest BCUT2D eigenvalue weighted by atomic mass is 127. The molecular weight excluding hydrogens is 838 g/mol. The zero-order valence-electron chi connectivity index (χ0n) is 25.3. The molecule has 252 valence electrons. The standard InChI is InChI=1S/C24H41IO5S.C6H5IO5S/c1-2-3-4-5-6-7-8-9-10-11-12-13-14-15-16-17-21-30-22-19-18-20-23(24(22)25-26)31(27,28)29;8-4-1-2-5(7-9)6(3-4)13(10,11)12/h18-20H,2-17,21H2,1H3,(H,27,28,29);1-3,8H,(H,10,11,12). The van der Waals surface area contributed by atoms with Gasteiger partial charge in [-0.25, -0.2) is 0 Å². The van der Waals surface area contributed by atoms with E-state index < -0.39 is 67.5 Å². The summed E-state index contributed by atoms with van der Waals surface area (Å²) >= 11 is -3.45. The maximum atomic E-state index is 11.5. The third kappa shape index (κ3) is 17.6. The second kappa shape index (κ2) is 23.3. The van der Waals surface area contributed by atoms with Crippen molar-refractivity contribution in [1.82, 2.24) is 0 Å². The number of ether oxygens (including phenoxy) is 1. The number of benzene rings is 2. The fourth-order valence-corrected chi connectivity index (χ4v) is 9.37. The first-order valence-electron chi connectivity index (χ1n) is 15.0. The fourth-order valence-electron chi connectivity index (χ4n) is 4.46. The van der Waals surface area contributed by atoms with Crippen molar-refractivity contribution in [2.45, 2.75) is 119 Å². The van der Waals surface area contributed by atoms with E-state index in [9.17, 15) is 27.5 Å². The maximum Gasteiger partial charge on any atom is 0.295 e. The Hall–Kier alpha value is -1.08. The van der Waals surface area contributed by atoms with Crippen molar-refractivity contribution in [3.8, 4) is 11.5 Å². The lowest BCUT2D eigenvalue weighted by Gasteiger charge is -2.10. The van der Waals surface area contributed by atoms with Crippen molar-refractivity contribution in [2.75, 3.05) is 6.61 Å². The molecule has 44 heavy (non-hydrogen) atoms. The van der Waals surface area contributed by atoms with Crippen LogP contribution in [0.3, 0.4) is 0 Å². The van der Waals surface area contributed by atoms with Gasteiger partial charge >= 0.3 is 0 Å². The number of phenols is 1. The molecule has 0 amide bonds. The molecule has 14 heteroatoms. The van der Waals surface area contributed by atoms with E-state index in [1.807, 2.05) is 0 Å². The predicted octanol–water partition coefficient (Wildman–Crippen LogP) is 9.18. The number of hydrogen-bond donors (Lipinski definition) is 3. The summed E-state index contributed by atoms with van der Waals surface area (Å²) in [6.45, 7) is 2.73. The molecule has 0 atom stereocenters. The van der Waals surface area contributed by atoms with E-state index >= 15 is 0 Å². The Morgan fingerprint density at radius 2 is 1.11 bits per heavy atom. The van der Waals surface area contributed by atoms with Crippen LogP contribution in [0.2, 0.25) is 0 Å². The quantitative estimate of drug-likeness (QED) is 0.0588. The third-order valence-electron chi connectivity index (χ3n) is 6.81. The largest absolute Gasteiger partial charge is 0.508 e. The minimum atomic E-state index is -4.40. The van der Waals surface area contributed by atoms with Crippen molar-refractivity contribution in [2.24, 2.45) is 0 Å². The Morgan fingerprint density at radius 1 is 0.636 bits per heavy atom. The summed E-state index contributed by atoms with van der Waals surface area (Å²) in [6, 6.07) is 7.63. The van der Waals surface area contributed by atoms with Crippen molar-refractivity contribution < 1.29 is 41.9 Å². The van der Waals surface area contributed by atoms with Gasteiger partial charge in [-0.05, 0) is 30.7 Å². The van der Waals surface area contributed by atoms with E-state index in [-0.39, 0.29) is 17.8 Å². The normalized spacial score (nSPS) is 11.6. The molecule has 0 heterocycles. The Balaban J connectivity index is 0.000000617. The van der Waals surface area contributed by atoms with Gasteiger partial charge in [-0.1, -0.05) is 109 Å². The fraction of sp³-hybridized carbons (Fsp3) is 0.600. The summed E-state index contributed by atoms with van der Waals surface area (Å²) in [7, 11) is -8.78. The van der Waals surface area contributed by atoms with E-state index in [4.69, 9.17) is 14.4 Å². The summed E-state index contributed by atoms with van der Waals surface area (Å²) < 4.78 is 89.8. The van der Waals surface area contributed by atoms with Crippen LogP contribution in [-0.4, -0.2) is 37.7 Å². The Bertz CT molecular complexity index is 1350. The zero-order chi connectivity index (χ0) is 32.8. The van der Waals surface area contributed by atoms with Crippen LogP contribution in [0.25, 0.3) is 0 Å². The van der Waals surface area contributed by atoms with Gasteiger partial charge in [0.05, 0.1) is 10.2 Å². The second-order valence-corrected chi connectivity index (χ2v) is 16.3. The first-order valence-corrected chi connectivity index (χ1v) is 21.8. The number of unbranched alkanes of at least 4 members (excludes halogenated alkanes) is 15. The molecule has 2 aromatic rings. The molecule has 0 unspecified atom stereocenters. The Morgan fingerprint density at radius 3 is 1.55 bits per heavy atom. The summed E-state index contributed by atoms with van der Waals surface area (Å²) in [5.41, 5.74) is 0. The van der Waals surface area contributed by atoms with Crippen molar-refractivity contribution in [1.29, 1.82) is 0 Å². The molecule has 0 saturated heterocycles. The molecular formula is C30H46I2O10S2. The molecule has 2 aromatic carbocycles. The highest BCUT2D eigenvalue weighted by molar-refractivity contribution is 14.2. The van der Waals surface area contributed by atoms with Crippen LogP contribution in [0.15, 0.2) is 46.2 Å². The van der Waals surface area contributed by atoms with E-state index in [1.165, 1.54) is 114 Å². The smallest absolute Gasteiger partial charge is 0.295 e. The zero-order valence-corrected chi connectivity index (χ0v) is 31.2. The average Bonchev–Trinajstić information content (AvgIpc) is 2.98. The van der Waals surface area contributed by atoms with Gasteiger partial charge in [-0.2, -0.15) is 16.8 Å². The first-order chi connectivity index (χ1) is 21.0. The van der Waals surface area contributed by atoms with E-state index in [0.717, 1.165) is 18.9 Å². The molecule has 0 bridgehead atoms. The minimum absolute atomic E-state index is 0.0408. The lowest BCUT2D eigenvalue weighted by atomic mass is 10.0. The van der Waals surface area contributed by atoms with Gasteiger partial charge in [0.25, 0.3) is 20.2 Å². The molecule has 0 aliphatic rings. The maximum absolute atomic E-state index is 11.5. The molecule has 10 nitrogen and oxygen atoms in total. The van der Waals surface area contributed by atoms with Crippen LogP contribution in [-0.2, 0) is 26.4 Å².